The molecule has 0 amide bonds. The molecule has 0 aliphatic carbocycles. The molecule has 1 atom stereocenters. The molecule has 0 unspecified atom stereocenters. The molecule has 13 heteroatoms. The van der Waals surface area contributed by atoms with E-state index in [1.807, 2.05) is 19.1 Å². The largest absolute Gasteiger partial charge is 0.494 e. The fourth-order valence-electron chi connectivity index (χ4n) is 4.70. The van der Waals surface area contributed by atoms with Gasteiger partial charge in [-0.15, -0.1) is 0 Å². The summed E-state index contributed by atoms with van der Waals surface area (Å²) in [7, 11) is 1.56. The van der Waals surface area contributed by atoms with E-state index in [4.69, 9.17) is 13.9 Å². The van der Waals surface area contributed by atoms with Crippen LogP contribution in [0.3, 0.4) is 0 Å². The van der Waals surface area contributed by atoms with Crippen molar-refractivity contribution in [2.24, 2.45) is 4.99 Å². The van der Waals surface area contributed by atoms with E-state index in [-0.39, 0.29) is 29.2 Å². The number of ether oxygens (including phenoxy) is 2. The van der Waals surface area contributed by atoms with E-state index in [0.717, 1.165) is 11.1 Å². The maximum atomic E-state index is 13.9. The van der Waals surface area contributed by atoms with Crippen molar-refractivity contribution in [3.05, 3.63) is 109 Å². The Kier molecular flexibility index (Phi) is 8.35. The average molecular weight is 717 g/mol. The molecule has 2 aromatic carbocycles. The van der Waals surface area contributed by atoms with Gasteiger partial charge < -0.3 is 13.9 Å². The fourth-order valence-corrected chi connectivity index (χ4v) is 7.30. The molecule has 10 nitrogen and oxygen atoms in total. The van der Waals surface area contributed by atoms with Crippen molar-refractivity contribution in [3.8, 4) is 17.1 Å². The molecule has 216 valence electrons. The van der Waals surface area contributed by atoms with Crippen molar-refractivity contribution < 1.29 is 23.6 Å². The number of furan rings is 1. The first-order chi connectivity index (χ1) is 20.0. The van der Waals surface area contributed by atoms with Crippen molar-refractivity contribution in [1.82, 2.24) is 4.57 Å². The molecular formula is C29H23Br2N3O7S. The molecule has 0 spiro atoms. The van der Waals surface area contributed by atoms with Gasteiger partial charge in [0.15, 0.2) is 4.80 Å². The zero-order valence-electron chi connectivity index (χ0n) is 22.8. The van der Waals surface area contributed by atoms with Gasteiger partial charge in [-0.1, -0.05) is 17.4 Å². The van der Waals surface area contributed by atoms with Crippen LogP contribution in [0.4, 0.5) is 5.69 Å². The molecule has 0 N–H and O–H groups in total. The zero-order chi connectivity index (χ0) is 30.3. The van der Waals surface area contributed by atoms with Crippen LogP contribution in [0.1, 0.15) is 36.8 Å². The number of aromatic nitrogens is 1. The number of fused-ring (bicyclic) bond motifs is 1. The summed E-state index contributed by atoms with van der Waals surface area (Å²) in [6, 6.07) is 10.5. The third-order valence-electron chi connectivity index (χ3n) is 6.63. The number of thiazole rings is 1. The predicted molar refractivity (Wildman–Crippen MR) is 164 cm³/mol. The Hall–Kier alpha value is -3.81. The molecule has 0 saturated heterocycles. The SMILES string of the molecule is CCOC(=O)C1=C(C)N=c2s/c(=C\c3cc(Br)c(OC)c(Br)c3)c(=O)n2[C@H]1c1ccc(-c2cc([N+](=O)[O-])ccc2C)o1. The number of halogens is 2. The number of benzene rings is 2. The summed E-state index contributed by atoms with van der Waals surface area (Å²) >= 11 is 8.16. The number of nitro benzene ring substituents is 1. The first kappa shape index (κ1) is 29.7. The van der Waals surface area contributed by atoms with E-state index in [1.54, 1.807) is 45.2 Å². The molecule has 0 radical (unpaired) electrons. The summed E-state index contributed by atoms with van der Waals surface area (Å²) in [5, 5.41) is 11.4. The van der Waals surface area contributed by atoms with Crippen molar-refractivity contribution >= 4 is 60.9 Å². The molecule has 0 saturated carbocycles. The molecule has 42 heavy (non-hydrogen) atoms. The summed E-state index contributed by atoms with van der Waals surface area (Å²) in [5.41, 5.74) is 2.13. The topological polar surface area (TPSA) is 126 Å². The third kappa shape index (κ3) is 5.39. The summed E-state index contributed by atoms with van der Waals surface area (Å²) in [6.07, 6.45) is 1.74. The number of carbonyl (C=O) groups is 1. The standard InChI is InChI=1S/C29H23Br2N3O7S/c1-5-40-28(36)24-15(3)32-29-33(27(35)23(42-29)12-16-10-19(30)26(39-4)20(31)11-16)25(24)22-9-8-21(41-22)18-13-17(34(37)38)7-6-14(18)2/h6-13,25H,5H2,1-4H3/b23-12-/t25-/m0/s1. The van der Waals surface area contributed by atoms with Crippen LogP contribution in [0.2, 0.25) is 0 Å². The smallest absolute Gasteiger partial charge is 0.338 e. The Morgan fingerprint density at radius 2 is 1.90 bits per heavy atom. The number of allylic oxidation sites excluding steroid dienone is 1. The van der Waals surface area contributed by atoms with Crippen LogP contribution in [0.5, 0.6) is 5.75 Å². The molecule has 1 aliphatic rings. The number of hydrogen-bond acceptors (Lipinski definition) is 9. The lowest BCUT2D eigenvalue weighted by molar-refractivity contribution is -0.384. The van der Waals surface area contributed by atoms with Crippen molar-refractivity contribution in [2.75, 3.05) is 13.7 Å². The minimum Gasteiger partial charge on any atom is -0.494 e. The van der Waals surface area contributed by atoms with E-state index < -0.39 is 16.9 Å². The normalized spacial score (nSPS) is 14.9. The van der Waals surface area contributed by atoms with Crippen LogP contribution in [0, 0.1) is 17.0 Å². The highest BCUT2D eigenvalue weighted by Gasteiger charge is 2.35. The number of esters is 1. The lowest BCUT2D eigenvalue weighted by Gasteiger charge is -2.22. The molecule has 1 aliphatic heterocycles. The van der Waals surface area contributed by atoms with Gasteiger partial charge in [0.1, 0.15) is 23.3 Å². The number of aryl methyl sites for hydroxylation is 1. The van der Waals surface area contributed by atoms with E-state index in [2.05, 4.69) is 36.9 Å². The molecule has 4 aromatic rings. The van der Waals surface area contributed by atoms with E-state index in [1.165, 1.54) is 28.0 Å². The Morgan fingerprint density at radius 3 is 2.55 bits per heavy atom. The Morgan fingerprint density at radius 1 is 1.19 bits per heavy atom. The average Bonchev–Trinajstić information content (AvgIpc) is 3.53. The molecular weight excluding hydrogens is 694 g/mol. The number of nitro groups is 1. The Balaban J connectivity index is 1.69. The summed E-state index contributed by atoms with van der Waals surface area (Å²) < 4.78 is 20.2. The van der Waals surface area contributed by atoms with Crippen molar-refractivity contribution in [1.29, 1.82) is 0 Å². The van der Waals surface area contributed by atoms with Gasteiger partial charge in [-0.2, -0.15) is 0 Å². The summed E-state index contributed by atoms with van der Waals surface area (Å²) in [5.74, 6) is 0.649. The highest BCUT2D eigenvalue weighted by atomic mass is 79.9. The fraction of sp³-hybridized carbons (Fsp3) is 0.207. The van der Waals surface area contributed by atoms with Crippen LogP contribution in [-0.4, -0.2) is 29.2 Å². The lowest BCUT2D eigenvalue weighted by atomic mass is 10.0. The van der Waals surface area contributed by atoms with Crippen molar-refractivity contribution in [2.45, 2.75) is 26.8 Å². The van der Waals surface area contributed by atoms with Gasteiger partial charge in [0, 0.05) is 17.7 Å². The lowest BCUT2D eigenvalue weighted by Crippen LogP contribution is -2.39. The highest BCUT2D eigenvalue weighted by Crippen LogP contribution is 2.37. The van der Waals surface area contributed by atoms with Crippen molar-refractivity contribution in [3.63, 3.8) is 0 Å². The zero-order valence-corrected chi connectivity index (χ0v) is 26.8. The quantitative estimate of drug-likeness (QED) is 0.134. The monoisotopic (exact) mass is 715 g/mol. The minimum absolute atomic E-state index is 0.0821. The van der Waals surface area contributed by atoms with Gasteiger partial charge >= 0.3 is 5.97 Å². The van der Waals surface area contributed by atoms with Crippen LogP contribution < -0.4 is 19.6 Å². The Labute approximate surface area is 260 Å². The first-order valence-corrected chi connectivity index (χ1v) is 15.0. The van der Waals surface area contributed by atoms with Gasteiger partial charge in [-0.25, -0.2) is 9.79 Å². The predicted octanol–water partition coefficient (Wildman–Crippen LogP) is 5.81. The first-order valence-electron chi connectivity index (χ1n) is 12.6. The van der Waals surface area contributed by atoms with E-state index >= 15 is 0 Å². The Bertz CT molecular complexity index is 1950. The molecule has 2 aromatic heterocycles. The van der Waals surface area contributed by atoms with Gasteiger partial charge in [-0.05, 0) is 94.1 Å². The van der Waals surface area contributed by atoms with Crippen LogP contribution in [-0.2, 0) is 9.53 Å². The second kappa shape index (κ2) is 11.8. The maximum Gasteiger partial charge on any atom is 0.338 e. The number of nitrogens with zero attached hydrogens (tertiary/aromatic N) is 3. The molecule has 5 rings (SSSR count). The highest BCUT2D eigenvalue weighted by molar-refractivity contribution is 9.11. The summed E-state index contributed by atoms with van der Waals surface area (Å²) in [4.78, 5) is 43.0. The van der Waals surface area contributed by atoms with Crippen LogP contribution in [0.15, 0.2) is 76.9 Å². The van der Waals surface area contributed by atoms with Crippen LogP contribution >= 0.6 is 43.2 Å². The number of carbonyl (C=O) groups excluding carboxylic acids is 1. The number of methoxy groups -OCH3 is 1. The van der Waals surface area contributed by atoms with Gasteiger partial charge in [0.25, 0.3) is 11.2 Å². The second-order valence-corrected chi connectivity index (χ2v) is 12.0. The summed E-state index contributed by atoms with van der Waals surface area (Å²) in [6.45, 7) is 5.32. The van der Waals surface area contributed by atoms with Gasteiger partial charge in [-0.3, -0.25) is 19.5 Å². The molecule has 3 heterocycles. The second-order valence-electron chi connectivity index (χ2n) is 9.28. The van der Waals surface area contributed by atoms with Crippen LogP contribution in [0.25, 0.3) is 17.4 Å². The van der Waals surface area contributed by atoms with E-state index in [9.17, 15) is 19.7 Å². The molecule has 0 bridgehead atoms. The van der Waals surface area contributed by atoms with Gasteiger partial charge in [0.2, 0.25) is 0 Å². The van der Waals surface area contributed by atoms with E-state index in [0.29, 0.717) is 41.0 Å². The van der Waals surface area contributed by atoms with Gasteiger partial charge in [0.05, 0.1) is 43.4 Å². The number of non-ortho nitro benzene ring substituents is 1. The number of rotatable bonds is 7. The maximum absolute atomic E-state index is 13.9. The third-order valence-corrected chi connectivity index (χ3v) is 8.79. The number of hydrogen-bond donors (Lipinski definition) is 0. The molecule has 0 fully saturated rings. The minimum atomic E-state index is -0.968.